The number of nitrogens with one attached hydrogen (secondary N) is 1. The van der Waals surface area contributed by atoms with Crippen LogP contribution in [0.1, 0.15) is 6.92 Å². The second-order valence-electron chi connectivity index (χ2n) is 2.74. The lowest BCUT2D eigenvalue weighted by Gasteiger charge is -2.27. The second kappa shape index (κ2) is 3.21. The molecule has 5 nitrogen and oxygen atoms in total. The van der Waals surface area contributed by atoms with E-state index in [4.69, 9.17) is 0 Å². The van der Waals surface area contributed by atoms with Crippen molar-refractivity contribution in [2.24, 2.45) is 5.92 Å². The van der Waals surface area contributed by atoms with Gasteiger partial charge in [-0.3, -0.25) is 19.3 Å². The van der Waals surface area contributed by atoms with Crippen LogP contribution in [0.25, 0.3) is 0 Å². The van der Waals surface area contributed by atoms with Crippen molar-refractivity contribution in [3.05, 3.63) is 0 Å². The maximum atomic E-state index is 11.3. The number of hydrogen-bond donors (Lipinski definition) is 1. The molecule has 1 rings (SSSR count). The minimum atomic E-state index is -1.24. The van der Waals surface area contributed by atoms with Crippen LogP contribution >= 0.6 is 12.2 Å². The Bertz CT molecular complexity index is 313. The number of amides is 2. The highest BCUT2D eigenvalue weighted by Crippen LogP contribution is 2.09. The molecule has 0 saturated carbocycles. The molecule has 13 heavy (non-hydrogen) atoms. The van der Waals surface area contributed by atoms with Gasteiger partial charge in [0.25, 0.3) is 0 Å². The van der Waals surface area contributed by atoms with Crippen molar-refractivity contribution in [3.8, 4) is 0 Å². The van der Waals surface area contributed by atoms with Gasteiger partial charge in [-0.15, -0.1) is 0 Å². The zero-order chi connectivity index (χ0) is 10.2. The number of thiocarbonyl (C=S) groups is 1. The second-order valence-corrected chi connectivity index (χ2v) is 3.12. The first-order valence-electron chi connectivity index (χ1n) is 3.58. The molecule has 70 valence electrons. The summed E-state index contributed by atoms with van der Waals surface area (Å²) in [5.41, 5.74) is 0. The van der Waals surface area contributed by atoms with Gasteiger partial charge in [0.05, 0.1) is 0 Å². The van der Waals surface area contributed by atoms with E-state index in [1.165, 1.54) is 14.0 Å². The van der Waals surface area contributed by atoms with Crippen LogP contribution in [0.2, 0.25) is 0 Å². The molecule has 0 aliphatic carbocycles. The van der Waals surface area contributed by atoms with E-state index in [-0.39, 0.29) is 5.11 Å². The van der Waals surface area contributed by atoms with Gasteiger partial charge in [-0.2, -0.15) is 0 Å². The van der Waals surface area contributed by atoms with Crippen LogP contribution in [-0.4, -0.2) is 34.7 Å². The van der Waals surface area contributed by atoms with Crippen LogP contribution in [0.3, 0.4) is 0 Å². The van der Waals surface area contributed by atoms with Crippen molar-refractivity contribution >= 4 is 34.9 Å². The third kappa shape index (κ3) is 1.57. The first-order chi connectivity index (χ1) is 5.95. The van der Waals surface area contributed by atoms with E-state index in [1.54, 1.807) is 0 Å². The summed E-state index contributed by atoms with van der Waals surface area (Å²) in [5, 5.41) is 2.30. The Labute approximate surface area is 80.1 Å². The van der Waals surface area contributed by atoms with Crippen LogP contribution in [0.4, 0.5) is 0 Å². The summed E-state index contributed by atoms with van der Waals surface area (Å²) < 4.78 is 0. The van der Waals surface area contributed by atoms with E-state index in [9.17, 15) is 14.4 Å². The Morgan fingerprint density at radius 1 is 1.54 bits per heavy atom. The lowest BCUT2D eigenvalue weighted by Crippen LogP contribution is -2.57. The topological polar surface area (TPSA) is 66.5 Å². The first kappa shape index (κ1) is 9.79. The molecular weight excluding hydrogens is 192 g/mol. The number of carbonyl (C=O) groups excluding carboxylic acids is 3. The van der Waals surface area contributed by atoms with Crippen molar-refractivity contribution in [2.45, 2.75) is 6.92 Å². The van der Waals surface area contributed by atoms with Gasteiger partial charge in [-0.1, -0.05) is 0 Å². The van der Waals surface area contributed by atoms with Gasteiger partial charge in [0, 0.05) is 7.05 Å². The van der Waals surface area contributed by atoms with E-state index in [0.29, 0.717) is 0 Å². The minimum Gasteiger partial charge on any atom is -0.302 e. The number of carbonyl (C=O) groups is 3. The Hall–Kier alpha value is -1.30. The SMILES string of the molecule is CC(=O)C1C(=O)NC(=S)N(C)C1=O. The average molecular weight is 200 g/mol. The first-order valence-corrected chi connectivity index (χ1v) is 3.99. The van der Waals surface area contributed by atoms with Gasteiger partial charge >= 0.3 is 0 Å². The van der Waals surface area contributed by atoms with Crippen LogP contribution in [0.5, 0.6) is 0 Å². The molecule has 1 saturated heterocycles. The van der Waals surface area contributed by atoms with Crippen molar-refractivity contribution in [1.82, 2.24) is 10.2 Å². The number of hydrogen-bond acceptors (Lipinski definition) is 4. The van der Waals surface area contributed by atoms with Crippen molar-refractivity contribution in [2.75, 3.05) is 7.05 Å². The standard InChI is InChI=1S/C7H8N2O3S/c1-3(10)4-5(11)8-7(13)9(2)6(4)12/h4H,1-2H3,(H,8,11,13). The molecule has 1 heterocycles. The van der Waals surface area contributed by atoms with Crippen LogP contribution in [0, 0.1) is 5.92 Å². The summed E-state index contributed by atoms with van der Waals surface area (Å²) in [4.78, 5) is 34.5. The zero-order valence-corrected chi connectivity index (χ0v) is 7.97. The fourth-order valence-corrected chi connectivity index (χ4v) is 1.22. The Morgan fingerprint density at radius 3 is 2.54 bits per heavy atom. The molecule has 2 amide bonds. The molecule has 0 radical (unpaired) electrons. The highest BCUT2D eigenvalue weighted by atomic mass is 32.1. The molecule has 0 spiro atoms. The molecule has 6 heteroatoms. The van der Waals surface area contributed by atoms with E-state index in [2.05, 4.69) is 17.5 Å². The quantitative estimate of drug-likeness (QED) is 0.438. The Morgan fingerprint density at radius 2 is 2.08 bits per heavy atom. The van der Waals surface area contributed by atoms with Crippen molar-refractivity contribution in [3.63, 3.8) is 0 Å². The molecule has 0 aromatic carbocycles. The number of ketones is 1. The third-order valence-corrected chi connectivity index (χ3v) is 2.16. The molecule has 0 aromatic heterocycles. The summed E-state index contributed by atoms with van der Waals surface area (Å²) >= 11 is 4.68. The lowest BCUT2D eigenvalue weighted by molar-refractivity contribution is -0.145. The smallest absolute Gasteiger partial charge is 0.248 e. The molecule has 1 atom stereocenters. The van der Waals surface area contributed by atoms with E-state index >= 15 is 0 Å². The zero-order valence-electron chi connectivity index (χ0n) is 7.16. The molecule has 1 aliphatic heterocycles. The molecule has 1 fully saturated rings. The fourth-order valence-electron chi connectivity index (χ4n) is 1.03. The van der Waals surface area contributed by atoms with E-state index in [1.807, 2.05) is 0 Å². The number of nitrogens with zero attached hydrogens (tertiary/aromatic N) is 1. The fraction of sp³-hybridized carbons (Fsp3) is 0.429. The normalized spacial score (nSPS) is 23.1. The van der Waals surface area contributed by atoms with E-state index < -0.39 is 23.5 Å². The molecule has 0 bridgehead atoms. The summed E-state index contributed by atoms with van der Waals surface area (Å²) in [6.45, 7) is 1.20. The number of Topliss-reactive ketones (excluding diaryl/α,β-unsaturated/α-hetero) is 1. The monoisotopic (exact) mass is 200 g/mol. The summed E-state index contributed by atoms with van der Waals surface area (Å²) in [6.07, 6.45) is 0. The van der Waals surface area contributed by atoms with Gasteiger partial charge in [-0.05, 0) is 19.1 Å². The van der Waals surface area contributed by atoms with Gasteiger partial charge in [-0.25, -0.2) is 0 Å². The van der Waals surface area contributed by atoms with Crippen molar-refractivity contribution in [1.29, 1.82) is 0 Å². The summed E-state index contributed by atoms with van der Waals surface area (Å²) in [5.74, 6) is -2.92. The molecule has 0 aromatic rings. The van der Waals surface area contributed by atoms with Crippen LogP contribution in [0.15, 0.2) is 0 Å². The van der Waals surface area contributed by atoms with Crippen molar-refractivity contribution < 1.29 is 14.4 Å². The van der Waals surface area contributed by atoms with E-state index in [0.717, 1.165) is 4.90 Å². The van der Waals surface area contributed by atoms with Crippen LogP contribution < -0.4 is 5.32 Å². The Kier molecular flexibility index (Phi) is 2.42. The molecular formula is C7H8N2O3S. The summed E-state index contributed by atoms with van der Waals surface area (Å²) in [7, 11) is 1.42. The van der Waals surface area contributed by atoms with Gasteiger partial charge in [0.2, 0.25) is 11.8 Å². The summed E-state index contributed by atoms with van der Waals surface area (Å²) in [6, 6.07) is 0. The average Bonchev–Trinajstić information content (AvgIpc) is 1.99. The molecule has 1 unspecified atom stereocenters. The Balaban J connectivity index is 2.99. The molecule has 1 N–H and O–H groups in total. The van der Waals surface area contributed by atoms with Gasteiger partial charge in [0.15, 0.2) is 16.8 Å². The maximum absolute atomic E-state index is 11.3. The highest BCUT2D eigenvalue weighted by molar-refractivity contribution is 7.80. The predicted molar refractivity (Wildman–Crippen MR) is 47.7 cm³/mol. The van der Waals surface area contributed by atoms with Crippen LogP contribution in [-0.2, 0) is 14.4 Å². The van der Waals surface area contributed by atoms with Gasteiger partial charge < -0.3 is 5.32 Å². The predicted octanol–water partition coefficient (Wildman–Crippen LogP) is -0.935. The number of rotatable bonds is 1. The maximum Gasteiger partial charge on any atom is 0.248 e. The lowest BCUT2D eigenvalue weighted by atomic mass is 10.0. The third-order valence-electron chi connectivity index (χ3n) is 1.78. The largest absolute Gasteiger partial charge is 0.302 e. The highest BCUT2D eigenvalue weighted by Gasteiger charge is 2.39. The van der Waals surface area contributed by atoms with Gasteiger partial charge in [0.1, 0.15) is 0 Å². The molecule has 1 aliphatic rings. The minimum absolute atomic E-state index is 0.0347.